The van der Waals surface area contributed by atoms with Crippen molar-refractivity contribution in [2.75, 3.05) is 24.5 Å². The van der Waals surface area contributed by atoms with E-state index in [4.69, 9.17) is 9.15 Å². The Labute approximate surface area is 469 Å². The summed E-state index contributed by atoms with van der Waals surface area (Å²) in [4.78, 5) is 12.4. The molecule has 5 aliphatic rings. The van der Waals surface area contributed by atoms with Crippen LogP contribution in [-0.4, -0.2) is 13.4 Å². The minimum absolute atomic E-state index is 0.154. The molecule has 376 valence electrons. The van der Waals surface area contributed by atoms with Crippen LogP contribution in [0, 0.1) is 0 Å². The minimum Gasteiger partial charge on any atom is -0.452 e. The average Bonchev–Trinajstić information content (AvgIpc) is 1.84. The number of benzene rings is 12. The third-order valence-corrected chi connectivity index (χ3v) is 17.3. The Balaban J connectivity index is 0.977. The van der Waals surface area contributed by atoms with Gasteiger partial charge in [0.1, 0.15) is 5.58 Å². The maximum absolute atomic E-state index is 7.46. The number of fused-ring (bicyclic) bond motifs is 10. The Morgan fingerprint density at radius 2 is 0.778 bits per heavy atom. The predicted octanol–water partition coefficient (Wildman–Crippen LogP) is 15.3. The molecule has 7 nitrogen and oxygen atoms in total. The molecule has 0 bridgehead atoms. The van der Waals surface area contributed by atoms with Gasteiger partial charge in [-0.15, -0.1) is 0 Å². The molecule has 1 aromatic heterocycles. The number of nitrogens with zero attached hydrogens (tertiary/aromatic N) is 5. The fraction of sp³-hybridized carbons (Fsp3) is 0. The summed E-state index contributed by atoms with van der Waals surface area (Å²) in [7, 11) is 0. The van der Waals surface area contributed by atoms with Crippen molar-refractivity contribution in [2.45, 2.75) is 0 Å². The highest BCUT2D eigenvalue weighted by atomic mass is 16.5. The fourth-order valence-corrected chi connectivity index (χ4v) is 14.1. The summed E-state index contributed by atoms with van der Waals surface area (Å²) in [5.41, 5.74) is 25.3. The number of hydrogen-bond acceptors (Lipinski definition) is 7. The zero-order valence-corrected chi connectivity index (χ0v) is 43.7. The highest BCUT2D eigenvalue weighted by molar-refractivity contribution is 7.05. The molecule has 5 aliphatic heterocycles. The molecule has 12 aromatic carbocycles. The van der Waals surface area contributed by atoms with Crippen molar-refractivity contribution in [1.29, 1.82) is 0 Å². The van der Waals surface area contributed by atoms with Crippen molar-refractivity contribution >= 4 is 153 Å². The summed E-state index contributed by atoms with van der Waals surface area (Å²) in [6.07, 6.45) is 0. The maximum Gasteiger partial charge on any atom is 0.252 e. The van der Waals surface area contributed by atoms with Crippen LogP contribution in [0.1, 0.15) is 0 Å². The lowest BCUT2D eigenvalue weighted by molar-refractivity contribution is 0.472. The molecule has 13 aromatic rings. The molecule has 0 spiro atoms. The largest absolute Gasteiger partial charge is 0.452 e. The van der Waals surface area contributed by atoms with Crippen molar-refractivity contribution in [2.24, 2.45) is 0 Å². The van der Waals surface area contributed by atoms with E-state index < -0.39 is 0 Å². The Morgan fingerprint density at radius 1 is 0.309 bits per heavy atom. The minimum atomic E-state index is -0.204. The third-order valence-electron chi connectivity index (χ3n) is 17.3. The molecular weight excluding hydrogens is 988 g/mol. The van der Waals surface area contributed by atoms with E-state index in [1.807, 2.05) is 0 Å². The number of ether oxygens (including phenoxy) is 1. The molecule has 0 aliphatic carbocycles. The Kier molecular flexibility index (Phi) is 9.28. The van der Waals surface area contributed by atoms with E-state index in [0.717, 1.165) is 113 Å². The first-order valence-corrected chi connectivity index (χ1v) is 27.8. The van der Waals surface area contributed by atoms with Crippen LogP contribution in [0.3, 0.4) is 0 Å². The van der Waals surface area contributed by atoms with Gasteiger partial charge < -0.3 is 33.7 Å². The van der Waals surface area contributed by atoms with E-state index in [0.29, 0.717) is 0 Å². The Morgan fingerprint density at radius 3 is 1.30 bits per heavy atom. The summed E-state index contributed by atoms with van der Waals surface area (Å²) in [6.45, 7) is -0.358. The van der Waals surface area contributed by atoms with Gasteiger partial charge in [-0.1, -0.05) is 158 Å². The van der Waals surface area contributed by atoms with Crippen molar-refractivity contribution in [3.05, 3.63) is 273 Å². The number of hydrogen-bond donors (Lipinski definition) is 0. The monoisotopic (exact) mass is 1030 g/mol. The lowest BCUT2D eigenvalue weighted by Crippen LogP contribution is -2.69. The summed E-state index contributed by atoms with van der Waals surface area (Å²) >= 11 is 0. The molecule has 18 rings (SSSR count). The summed E-state index contributed by atoms with van der Waals surface area (Å²) in [5.74, 6) is 1.56. The first-order valence-electron chi connectivity index (χ1n) is 27.8. The van der Waals surface area contributed by atoms with Crippen LogP contribution < -0.4 is 62.0 Å². The van der Waals surface area contributed by atoms with Crippen LogP contribution >= 0.6 is 0 Å². The van der Waals surface area contributed by atoms with Gasteiger partial charge in [-0.05, 0) is 148 Å². The zero-order chi connectivity index (χ0) is 52.9. The van der Waals surface area contributed by atoms with E-state index in [9.17, 15) is 0 Å². The van der Waals surface area contributed by atoms with Crippen molar-refractivity contribution < 1.29 is 9.15 Å². The summed E-state index contributed by atoms with van der Waals surface area (Å²) < 4.78 is 14.4. The van der Waals surface area contributed by atoms with Gasteiger partial charge in [0.15, 0.2) is 17.1 Å². The number of rotatable bonds is 8. The average molecular weight is 1030 g/mol. The number of furan rings is 1. The molecule has 0 amide bonds. The quantitative estimate of drug-likeness (QED) is 0.140. The number of para-hydroxylation sites is 8. The van der Waals surface area contributed by atoms with Gasteiger partial charge in [0.2, 0.25) is 0 Å². The first kappa shape index (κ1) is 44.4. The van der Waals surface area contributed by atoms with E-state index in [1.54, 1.807) is 0 Å². The van der Waals surface area contributed by atoms with Crippen LogP contribution in [0.25, 0.3) is 21.9 Å². The molecule has 0 fully saturated rings. The molecule has 9 heteroatoms. The van der Waals surface area contributed by atoms with Gasteiger partial charge in [-0.2, -0.15) is 0 Å². The second kappa shape index (κ2) is 16.9. The van der Waals surface area contributed by atoms with Crippen molar-refractivity contribution in [3.8, 4) is 11.5 Å². The standard InChI is InChI=1S/C72H45B2N5O2/c1-7-22-46(23-8-1)75(47-24-9-2-10-25-47)52-38-40-56-60(42-52)77(50-30-15-5-16-31-50)62-45-63-67-70-66(62)73(56)58-35-21-37-65-68(58)79(70)69-59(44-55-54-34-19-20-36-64(54)80-71(55)72(69)81-65)74(67)57-41-39-53(43-61(57)78(63)51-32-17-6-18-33-51)76(48-26-11-3-12-27-48)49-28-13-4-14-29-49/h1-45H. The van der Waals surface area contributed by atoms with E-state index in [1.165, 1.54) is 38.5 Å². The van der Waals surface area contributed by atoms with Gasteiger partial charge in [-0.3, -0.25) is 0 Å². The number of anilines is 15. The fourth-order valence-electron chi connectivity index (χ4n) is 14.1. The van der Waals surface area contributed by atoms with Crippen molar-refractivity contribution in [3.63, 3.8) is 0 Å². The van der Waals surface area contributed by atoms with Gasteiger partial charge in [0.25, 0.3) is 13.4 Å². The second-order valence-electron chi connectivity index (χ2n) is 21.5. The van der Waals surface area contributed by atoms with E-state index >= 15 is 0 Å². The van der Waals surface area contributed by atoms with Crippen molar-refractivity contribution in [1.82, 2.24) is 0 Å². The summed E-state index contributed by atoms with van der Waals surface area (Å²) in [6, 6.07) is 99.2. The Bertz CT molecular complexity index is 4640. The van der Waals surface area contributed by atoms with Gasteiger partial charge >= 0.3 is 0 Å². The van der Waals surface area contributed by atoms with Crippen LogP contribution in [0.2, 0.25) is 0 Å². The van der Waals surface area contributed by atoms with Crippen LogP contribution in [0.4, 0.5) is 85.3 Å². The first-order chi connectivity index (χ1) is 40.2. The maximum atomic E-state index is 7.46. The topological polar surface area (TPSA) is 38.6 Å². The molecular formula is C72H45B2N5O2. The predicted molar refractivity (Wildman–Crippen MR) is 337 cm³/mol. The van der Waals surface area contributed by atoms with E-state index in [2.05, 4.69) is 297 Å². The molecule has 0 N–H and O–H groups in total. The molecule has 81 heavy (non-hydrogen) atoms. The highest BCUT2D eigenvalue weighted by Gasteiger charge is 2.55. The third kappa shape index (κ3) is 6.25. The molecule has 0 radical (unpaired) electrons. The lowest BCUT2D eigenvalue weighted by Gasteiger charge is -2.52. The van der Waals surface area contributed by atoms with Crippen LogP contribution in [0.5, 0.6) is 11.5 Å². The normalized spacial score (nSPS) is 13.4. The lowest BCUT2D eigenvalue weighted by atomic mass is 9.28. The van der Waals surface area contributed by atoms with Crippen LogP contribution in [0.15, 0.2) is 277 Å². The second-order valence-corrected chi connectivity index (χ2v) is 21.5. The van der Waals surface area contributed by atoms with Gasteiger partial charge in [0.05, 0.1) is 11.4 Å². The SMILES string of the molecule is c1ccc(N(c2ccccc2)c2ccc3c(c2)N(c2ccccc2)c2cc4c5c6c2B3c2cccc3c2N6c2c(cc6c(oc7ccccc76)c2O3)B5c2ccc(N(c3ccccc3)c3ccccc3)cc2N4c2ccccc2)cc1. The highest BCUT2D eigenvalue weighted by Crippen LogP contribution is 2.58. The smallest absolute Gasteiger partial charge is 0.252 e. The Hall–Kier alpha value is -10.6. The summed E-state index contributed by atoms with van der Waals surface area (Å²) in [5, 5.41) is 2.11. The molecule has 0 saturated heterocycles. The molecule has 0 saturated carbocycles. The van der Waals surface area contributed by atoms with Gasteiger partial charge in [-0.25, -0.2) is 0 Å². The molecule has 0 atom stereocenters. The molecule has 6 heterocycles. The van der Waals surface area contributed by atoms with Crippen LogP contribution in [-0.2, 0) is 0 Å². The van der Waals surface area contributed by atoms with Gasteiger partial charge in [0, 0.05) is 84.7 Å². The molecule has 0 unspecified atom stereocenters. The zero-order valence-electron chi connectivity index (χ0n) is 43.7. The van der Waals surface area contributed by atoms with E-state index in [-0.39, 0.29) is 13.4 Å².